The molecule has 1 aliphatic rings. The average molecular weight is 472 g/mol. The number of halogens is 3. The molecule has 1 heterocycles. The molecule has 1 unspecified atom stereocenters. The number of aryl methyl sites for hydroxylation is 1. The normalized spacial score (nSPS) is 18.1. The second kappa shape index (κ2) is 9.08. The molecule has 0 saturated carbocycles. The standard InChI is InChI=1S/C30H24F3NO/c1-22-12-11-17-25(20-22)27-21-29(30(31,32)33,35-34(27)26-18-9-4-10-19-26)28(23-13-5-2-6-14-23)24-15-7-3-8-16-24/h2-21,28H,1H3. The van der Waals surface area contributed by atoms with E-state index in [1.807, 2.05) is 37.3 Å². The van der Waals surface area contributed by atoms with Gasteiger partial charge in [-0.25, -0.2) is 9.90 Å². The molecule has 0 spiro atoms. The van der Waals surface area contributed by atoms with Gasteiger partial charge in [0.2, 0.25) is 5.60 Å². The minimum Gasteiger partial charge on any atom is -0.247 e. The molecule has 0 aliphatic carbocycles. The molecule has 5 heteroatoms. The lowest BCUT2D eigenvalue weighted by atomic mass is 9.76. The van der Waals surface area contributed by atoms with E-state index in [2.05, 4.69) is 0 Å². The van der Waals surface area contributed by atoms with Crippen LogP contribution in [-0.2, 0) is 4.84 Å². The zero-order chi connectivity index (χ0) is 24.5. The fraction of sp³-hybridized carbons (Fsp3) is 0.133. The Labute approximate surface area is 202 Å². The van der Waals surface area contributed by atoms with Crippen molar-refractivity contribution in [2.45, 2.75) is 24.6 Å². The van der Waals surface area contributed by atoms with Crippen molar-refractivity contribution in [2.24, 2.45) is 0 Å². The highest BCUT2D eigenvalue weighted by atomic mass is 19.4. The molecular formula is C30H24F3NO. The summed E-state index contributed by atoms with van der Waals surface area (Å²) in [5.41, 5.74) is 0.880. The van der Waals surface area contributed by atoms with E-state index in [0.717, 1.165) is 5.56 Å². The fourth-order valence-electron chi connectivity index (χ4n) is 4.66. The Bertz CT molecular complexity index is 1280. The average Bonchev–Trinajstić information content (AvgIpc) is 3.28. The van der Waals surface area contributed by atoms with E-state index in [4.69, 9.17) is 4.84 Å². The van der Waals surface area contributed by atoms with Crippen LogP contribution in [0.1, 0.15) is 28.2 Å². The highest BCUT2D eigenvalue weighted by molar-refractivity contribution is 5.81. The number of rotatable bonds is 5. The van der Waals surface area contributed by atoms with Gasteiger partial charge in [0.15, 0.2) is 0 Å². The molecular weight excluding hydrogens is 447 g/mol. The van der Waals surface area contributed by atoms with Gasteiger partial charge in [0.25, 0.3) is 0 Å². The van der Waals surface area contributed by atoms with E-state index in [1.165, 1.54) is 11.1 Å². The Kier molecular flexibility index (Phi) is 5.95. The molecule has 35 heavy (non-hydrogen) atoms. The number of hydrogen-bond donors (Lipinski definition) is 0. The van der Waals surface area contributed by atoms with Gasteiger partial charge >= 0.3 is 6.18 Å². The Hall–Kier alpha value is -3.83. The summed E-state index contributed by atoms with van der Waals surface area (Å²) in [5, 5.41) is 1.32. The summed E-state index contributed by atoms with van der Waals surface area (Å²) in [7, 11) is 0. The first-order valence-corrected chi connectivity index (χ1v) is 11.4. The zero-order valence-electron chi connectivity index (χ0n) is 19.1. The van der Waals surface area contributed by atoms with Crippen molar-refractivity contribution in [2.75, 3.05) is 5.06 Å². The molecule has 2 nitrogen and oxygen atoms in total. The molecule has 1 aliphatic heterocycles. The van der Waals surface area contributed by atoms with Crippen LogP contribution >= 0.6 is 0 Å². The van der Waals surface area contributed by atoms with Crippen LogP contribution in [0.3, 0.4) is 0 Å². The maximum absolute atomic E-state index is 15.3. The van der Waals surface area contributed by atoms with Gasteiger partial charge in [-0.15, -0.1) is 0 Å². The van der Waals surface area contributed by atoms with Crippen LogP contribution in [0.2, 0.25) is 0 Å². The predicted molar refractivity (Wildman–Crippen MR) is 133 cm³/mol. The van der Waals surface area contributed by atoms with Crippen molar-refractivity contribution in [1.29, 1.82) is 0 Å². The fourth-order valence-corrected chi connectivity index (χ4v) is 4.66. The summed E-state index contributed by atoms with van der Waals surface area (Å²) in [6.45, 7) is 1.92. The van der Waals surface area contributed by atoms with Crippen LogP contribution in [-0.4, -0.2) is 11.8 Å². The molecule has 0 fully saturated rings. The second-order valence-corrected chi connectivity index (χ2v) is 8.67. The molecule has 1 atom stereocenters. The minimum atomic E-state index is -4.72. The van der Waals surface area contributed by atoms with Crippen molar-refractivity contribution in [3.63, 3.8) is 0 Å². The highest BCUT2D eigenvalue weighted by Gasteiger charge is 2.65. The Morgan fingerprint density at radius 1 is 0.714 bits per heavy atom. The minimum absolute atomic E-state index is 0.356. The third-order valence-corrected chi connectivity index (χ3v) is 6.25. The van der Waals surface area contributed by atoms with Gasteiger partial charge in [-0.3, -0.25) is 0 Å². The van der Waals surface area contributed by atoms with E-state index in [-0.39, 0.29) is 0 Å². The number of anilines is 1. The number of benzene rings is 4. The maximum Gasteiger partial charge on any atom is 0.424 e. The lowest BCUT2D eigenvalue weighted by Gasteiger charge is -2.38. The molecule has 176 valence electrons. The molecule has 5 rings (SSSR count). The third kappa shape index (κ3) is 4.24. The maximum atomic E-state index is 15.3. The Balaban J connectivity index is 1.78. The number of para-hydroxylation sites is 1. The van der Waals surface area contributed by atoms with E-state index >= 15 is 13.2 Å². The van der Waals surface area contributed by atoms with Gasteiger partial charge in [0, 0.05) is 5.56 Å². The monoisotopic (exact) mass is 471 g/mol. The topological polar surface area (TPSA) is 12.5 Å². The molecule has 4 aromatic rings. The first kappa shape index (κ1) is 22.9. The summed E-state index contributed by atoms with van der Waals surface area (Å²) >= 11 is 0. The third-order valence-electron chi connectivity index (χ3n) is 6.25. The Morgan fingerprint density at radius 3 is 1.77 bits per heavy atom. The van der Waals surface area contributed by atoms with Gasteiger partial charge in [0.05, 0.1) is 17.3 Å². The first-order valence-electron chi connectivity index (χ1n) is 11.4. The van der Waals surface area contributed by atoms with Gasteiger partial charge in [0.1, 0.15) is 0 Å². The molecule has 0 saturated heterocycles. The van der Waals surface area contributed by atoms with Crippen molar-refractivity contribution >= 4 is 11.4 Å². The Morgan fingerprint density at radius 2 is 1.26 bits per heavy atom. The molecule has 0 amide bonds. The van der Waals surface area contributed by atoms with E-state index < -0.39 is 17.7 Å². The summed E-state index contributed by atoms with van der Waals surface area (Å²) in [6, 6.07) is 33.8. The highest BCUT2D eigenvalue weighted by Crippen LogP contribution is 2.54. The number of hydrogen-bond acceptors (Lipinski definition) is 2. The van der Waals surface area contributed by atoms with Crippen LogP contribution in [0.15, 0.2) is 121 Å². The van der Waals surface area contributed by atoms with Gasteiger partial charge in [-0.2, -0.15) is 13.2 Å². The van der Waals surface area contributed by atoms with Crippen molar-refractivity contribution in [1.82, 2.24) is 0 Å². The second-order valence-electron chi connectivity index (χ2n) is 8.67. The van der Waals surface area contributed by atoms with E-state index in [1.54, 1.807) is 84.9 Å². The smallest absolute Gasteiger partial charge is 0.247 e. The van der Waals surface area contributed by atoms with Gasteiger partial charge in [-0.05, 0) is 42.3 Å². The molecule has 0 bridgehead atoms. The SMILES string of the molecule is Cc1cccc(C2=CC(C(c3ccccc3)c3ccccc3)(C(F)(F)F)ON2c2ccccc2)c1. The largest absolute Gasteiger partial charge is 0.424 e. The van der Waals surface area contributed by atoms with Crippen LogP contribution < -0.4 is 5.06 Å². The van der Waals surface area contributed by atoms with E-state index in [0.29, 0.717) is 28.1 Å². The van der Waals surface area contributed by atoms with Crippen LogP contribution in [0.4, 0.5) is 18.9 Å². The number of alkyl halides is 3. The summed E-state index contributed by atoms with van der Waals surface area (Å²) in [5.74, 6) is -1.13. The predicted octanol–water partition coefficient (Wildman–Crippen LogP) is 7.92. The van der Waals surface area contributed by atoms with Crippen molar-refractivity contribution in [3.8, 4) is 0 Å². The molecule has 0 radical (unpaired) electrons. The van der Waals surface area contributed by atoms with Gasteiger partial charge < -0.3 is 0 Å². The lowest BCUT2D eigenvalue weighted by Crippen LogP contribution is -2.51. The first-order chi connectivity index (χ1) is 16.9. The molecule has 4 aromatic carbocycles. The van der Waals surface area contributed by atoms with Crippen LogP contribution in [0.25, 0.3) is 5.70 Å². The zero-order valence-corrected chi connectivity index (χ0v) is 19.1. The molecule has 0 aromatic heterocycles. The quantitative estimate of drug-likeness (QED) is 0.293. The van der Waals surface area contributed by atoms with Crippen LogP contribution in [0.5, 0.6) is 0 Å². The molecule has 0 N–H and O–H groups in total. The van der Waals surface area contributed by atoms with Crippen molar-refractivity contribution in [3.05, 3.63) is 144 Å². The van der Waals surface area contributed by atoms with E-state index in [9.17, 15) is 0 Å². The summed E-state index contributed by atoms with van der Waals surface area (Å²) in [4.78, 5) is 6.09. The van der Waals surface area contributed by atoms with Gasteiger partial charge in [-0.1, -0.05) is 103 Å². The summed E-state index contributed by atoms with van der Waals surface area (Å²) in [6.07, 6.45) is -3.47. The van der Waals surface area contributed by atoms with Crippen LogP contribution in [0, 0.1) is 6.92 Å². The lowest BCUT2D eigenvalue weighted by molar-refractivity contribution is -0.257. The number of hydroxylamine groups is 1. The van der Waals surface area contributed by atoms with Crippen molar-refractivity contribution < 1.29 is 18.0 Å². The summed E-state index contributed by atoms with van der Waals surface area (Å²) < 4.78 is 45.9. The number of nitrogens with zero attached hydrogens (tertiary/aromatic N) is 1.